The van der Waals surface area contributed by atoms with Crippen LogP contribution < -0.4 is 9.62 Å². The molecule has 1 amide bonds. The van der Waals surface area contributed by atoms with Gasteiger partial charge in [0.25, 0.3) is 5.91 Å². The Morgan fingerprint density at radius 3 is 2.32 bits per heavy atom. The average Bonchev–Trinajstić information content (AvgIpc) is 2.67. The van der Waals surface area contributed by atoms with Gasteiger partial charge in [-0.15, -0.1) is 0 Å². The van der Waals surface area contributed by atoms with E-state index in [1.807, 2.05) is 6.07 Å². The molecule has 0 spiro atoms. The number of rotatable bonds is 6. The number of carbonyl (C=O) groups is 1. The molecule has 28 heavy (non-hydrogen) atoms. The van der Waals surface area contributed by atoms with Crippen LogP contribution in [0.3, 0.4) is 0 Å². The minimum atomic E-state index is -3.51. The SMILES string of the molecule is CS(=O)(=O)N(Cc1ccccc1Cl)c1ccc(C(=O)NC2CCCCC2)cc1. The molecule has 0 saturated heterocycles. The van der Waals surface area contributed by atoms with Gasteiger partial charge >= 0.3 is 0 Å². The van der Waals surface area contributed by atoms with Crippen molar-refractivity contribution in [2.75, 3.05) is 10.6 Å². The van der Waals surface area contributed by atoms with Crippen LogP contribution in [0.2, 0.25) is 5.02 Å². The monoisotopic (exact) mass is 420 g/mol. The highest BCUT2D eigenvalue weighted by Gasteiger charge is 2.20. The summed E-state index contributed by atoms with van der Waals surface area (Å²) in [7, 11) is -3.51. The Bertz CT molecular complexity index is 923. The molecule has 1 aliphatic carbocycles. The van der Waals surface area contributed by atoms with Gasteiger partial charge in [0, 0.05) is 16.6 Å². The smallest absolute Gasteiger partial charge is 0.251 e. The van der Waals surface area contributed by atoms with E-state index in [2.05, 4.69) is 5.32 Å². The van der Waals surface area contributed by atoms with E-state index >= 15 is 0 Å². The fourth-order valence-electron chi connectivity index (χ4n) is 3.48. The highest BCUT2D eigenvalue weighted by molar-refractivity contribution is 7.92. The van der Waals surface area contributed by atoms with Crippen LogP contribution in [0.5, 0.6) is 0 Å². The second kappa shape index (κ2) is 8.97. The van der Waals surface area contributed by atoms with Crippen LogP contribution in [-0.2, 0) is 16.6 Å². The van der Waals surface area contributed by atoms with Gasteiger partial charge in [0.2, 0.25) is 10.0 Å². The Morgan fingerprint density at radius 1 is 1.07 bits per heavy atom. The molecule has 0 aliphatic heterocycles. The summed E-state index contributed by atoms with van der Waals surface area (Å²) in [5.74, 6) is -0.115. The van der Waals surface area contributed by atoms with E-state index in [9.17, 15) is 13.2 Å². The molecule has 1 fully saturated rings. The summed E-state index contributed by atoms with van der Waals surface area (Å²) in [4.78, 5) is 12.5. The number of hydrogen-bond donors (Lipinski definition) is 1. The highest BCUT2D eigenvalue weighted by atomic mass is 35.5. The van der Waals surface area contributed by atoms with Crippen LogP contribution in [0.1, 0.15) is 48.0 Å². The molecule has 1 saturated carbocycles. The molecular weight excluding hydrogens is 396 g/mol. The molecular formula is C21H25ClN2O3S. The molecule has 0 unspecified atom stereocenters. The largest absolute Gasteiger partial charge is 0.349 e. The lowest BCUT2D eigenvalue weighted by Crippen LogP contribution is -2.36. The summed E-state index contributed by atoms with van der Waals surface area (Å²) in [5, 5.41) is 3.59. The first-order valence-electron chi connectivity index (χ1n) is 9.46. The number of nitrogens with zero attached hydrogens (tertiary/aromatic N) is 1. The van der Waals surface area contributed by atoms with E-state index in [1.54, 1.807) is 42.5 Å². The molecule has 150 valence electrons. The van der Waals surface area contributed by atoms with Crippen molar-refractivity contribution in [2.45, 2.75) is 44.7 Å². The van der Waals surface area contributed by atoms with Gasteiger partial charge in [0.05, 0.1) is 18.5 Å². The van der Waals surface area contributed by atoms with Crippen molar-refractivity contribution in [2.24, 2.45) is 0 Å². The molecule has 1 N–H and O–H groups in total. The van der Waals surface area contributed by atoms with E-state index in [1.165, 1.54) is 10.7 Å². The van der Waals surface area contributed by atoms with Crippen molar-refractivity contribution in [3.05, 3.63) is 64.7 Å². The first-order valence-corrected chi connectivity index (χ1v) is 11.7. The van der Waals surface area contributed by atoms with Crippen LogP contribution in [0.4, 0.5) is 5.69 Å². The second-order valence-corrected chi connectivity index (χ2v) is 9.53. The third kappa shape index (κ3) is 5.26. The average molecular weight is 421 g/mol. The number of amides is 1. The summed E-state index contributed by atoms with van der Waals surface area (Å²) >= 11 is 6.19. The number of hydrogen-bond acceptors (Lipinski definition) is 3. The van der Waals surface area contributed by atoms with Gasteiger partial charge in [-0.2, -0.15) is 0 Å². The van der Waals surface area contributed by atoms with Gasteiger partial charge in [-0.1, -0.05) is 49.1 Å². The van der Waals surface area contributed by atoms with E-state index in [0.29, 0.717) is 21.8 Å². The zero-order valence-electron chi connectivity index (χ0n) is 15.9. The van der Waals surface area contributed by atoms with Gasteiger partial charge in [0.1, 0.15) is 0 Å². The molecule has 1 aliphatic rings. The lowest BCUT2D eigenvalue weighted by molar-refractivity contribution is 0.0927. The predicted molar refractivity (Wildman–Crippen MR) is 113 cm³/mol. The van der Waals surface area contributed by atoms with Crippen molar-refractivity contribution < 1.29 is 13.2 Å². The third-order valence-electron chi connectivity index (χ3n) is 5.03. The molecule has 2 aromatic rings. The standard InChI is InChI=1S/C21H25ClN2O3S/c1-28(26,27)24(15-17-7-5-6-10-20(17)22)19-13-11-16(12-14-19)21(25)23-18-8-3-2-4-9-18/h5-7,10-14,18H,2-4,8-9,15H2,1H3,(H,23,25). The number of benzene rings is 2. The number of carbonyl (C=O) groups excluding carboxylic acids is 1. The van der Waals surface area contributed by atoms with Crippen LogP contribution in [0.25, 0.3) is 0 Å². The van der Waals surface area contributed by atoms with Crippen LogP contribution in [0, 0.1) is 0 Å². The fraction of sp³-hybridized carbons (Fsp3) is 0.381. The highest BCUT2D eigenvalue weighted by Crippen LogP contribution is 2.25. The lowest BCUT2D eigenvalue weighted by Gasteiger charge is -2.24. The van der Waals surface area contributed by atoms with Gasteiger partial charge in [-0.05, 0) is 48.7 Å². The maximum Gasteiger partial charge on any atom is 0.251 e. The maximum absolute atomic E-state index is 12.5. The van der Waals surface area contributed by atoms with Crippen molar-refractivity contribution >= 4 is 33.2 Å². The van der Waals surface area contributed by atoms with Crippen LogP contribution in [-0.4, -0.2) is 26.6 Å². The molecule has 0 heterocycles. The minimum Gasteiger partial charge on any atom is -0.349 e. The molecule has 5 nitrogen and oxygen atoms in total. The quantitative estimate of drug-likeness (QED) is 0.754. The zero-order valence-corrected chi connectivity index (χ0v) is 17.5. The third-order valence-corrected chi connectivity index (χ3v) is 6.54. The molecule has 3 rings (SSSR count). The zero-order chi connectivity index (χ0) is 20.1. The summed E-state index contributed by atoms with van der Waals surface area (Å²) < 4.78 is 26.0. The predicted octanol–water partition coefficient (Wildman–Crippen LogP) is 4.37. The molecule has 2 aromatic carbocycles. The molecule has 7 heteroatoms. The van der Waals surface area contributed by atoms with Gasteiger partial charge in [-0.25, -0.2) is 8.42 Å². The number of sulfonamides is 1. The van der Waals surface area contributed by atoms with Crippen molar-refractivity contribution in [3.8, 4) is 0 Å². The second-order valence-electron chi connectivity index (χ2n) is 7.22. The summed E-state index contributed by atoms with van der Waals surface area (Å²) in [6, 6.07) is 14.0. The van der Waals surface area contributed by atoms with Crippen LogP contribution in [0.15, 0.2) is 48.5 Å². The topological polar surface area (TPSA) is 66.5 Å². The summed E-state index contributed by atoms with van der Waals surface area (Å²) in [6.07, 6.45) is 6.72. The Balaban J connectivity index is 1.76. The lowest BCUT2D eigenvalue weighted by atomic mass is 9.95. The van der Waals surface area contributed by atoms with Crippen molar-refractivity contribution in [1.82, 2.24) is 5.32 Å². The van der Waals surface area contributed by atoms with E-state index in [4.69, 9.17) is 11.6 Å². The molecule has 0 atom stereocenters. The van der Waals surface area contributed by atoms with Gasteiger partial charge < -0.3 is 5.32 Å². The Kier molecular flexibility index (Phi) is 6.62. The Hall–Kier alpha value is -2.05. The molecule has 0 aromatic heterocycles. The number of anilines is 1. The number of halogens is 1. The summed E-state index contributed by atoms with van der Waals surface area (Å²) in [5.41, 5.74) is 1.74. The fourth-order valence-corrected chi connectivity index (χ4v) is 4.55. The first kappa shape index (κ1) is 20.7. The van der Waals surface area contributed by atoms with E-state index in [0.717, 1.165) is 31.9 Å². The summed E-state index contributed by atoms with van der Waals surface area (Å²) in [6.45, 7) is 0.131. The minimum absolute atomic E-state index is 0.115. The van der Waals surface area contributed by atoms with Gasteiger partial charge in [-0.3, -0.25) is 9.10 Å². The van der Waals surface area contributed by atoms with E-state index in [-0.39, 0.29) is 18.5 Å². The Labute approximate surface area is 171 Å². The maximum atomic E-state index is 12.5. The Morgan fingerprint density at radius 2 is 1.71 bits per heavy atom. The van der Waals surface area contributed by atoms with Crippen LogP contribution >= 0.6 is 11.6 Å². The number of nitrogens with one attached hydrogen (secondary N) is 1. The van der Waals surface area contributed by atoms with Crippen molar-refractivity contribution in [3.63, 3.8) is 0 Å². The molecule has 0 bridgehead atoms. The van der Waals surface area contributed by atoms with E-state index < -0.39 is 10.0 Å². The van der Waals surface area contributed by atoms with Gasteiger partial charge in [0.15, 0.2) is 0 Å². The van der Waals surface area contributed by atoms with Crippen molar-refractivity contribution in [1.29, 1.82) is 0 Å². The molecule has 0 radical (unpaired) electrons. The normalized spacial score (nSPS) is 15.2. The first-order chi connectivity index (χ1) is 13.3.